The SMILES string of the molecule is COc1ccc(C(Nc2nc3ccccc3o2)C2CC(O)C2)cn1. The molecule has 0 saturated heterocycles. The van der Waals surface area contributed by atoms with Gasteiger partial charge in [-0.1, -0.05) is 18.2 Å². The molecule has 124 valence electrons. The number of fused-ring (bicyclic) bond motifs is 1. The van der Waals surface area contributed by atoms with Gasteiger partial charge in [0.2, 0.25) is 5.88 Å². The first kappa shape index (κ1) is 15.0. The number of aliphatic hydroxyl groups excluding tert-OH is 1. The third-order valence-electron chi connectivity index (χ3n) is 4.52. The van der Waals surface area contributed by atoms with Gasteiger partial charge in [0, 0.05) is 12.3 Å². The number of hydrogen-bond acceptors (Lipinski definition) is 6. The number of rotatable bonds is 5. The molecule has 2 N–H and O–H groups in total. The molecule has 6 heteroatoms. The van der Waals surface area contributed by atoms with Crippen LogP contribution in [-0.4, -0.2) is 28.3 Å². The van der Waals surface area contributed by atoms with E-state index in [0.717, 1.165) is 29.5 Å². The Bertz CT molecular complexity index is 792. The summed E-state index contributed by atoms with van der Waals surface area (Å²) in [5.74, 6) is 0.887. The lowest BCUT2D eigenvalue weighted by Gasteiger charge is -2.37. The van der Waals surface area contributed by atoms with Gasteiger partial charge in [0.15, 0.2) is 5.58 Å². The van der Waals surface area contributed by atoms with E-state index in [2.05, 4.69) is 15.3 Å². The highest BCUT2D eigenvalue weighted by molar-refractivity contribution is 5.74. The summed E-state index contributed by atoms with van der Waals surface area (Å²) in [6.45, 7) is 0. The molecule has 1 fully saturated rings. The quantitative estimate of drug-likeness (QED) is 0.750. The number of para-hydroxylation sites is 2. The summed E-state index contributed by atoms with van der Waals surface area (Å²) < 4.78 is 10.9. The average molecular weight is 325 g/mol. The van der Waals surface area contributed by atoms with Crippen molar-refractivity contribution >= 4 is 17.1 Å². The Labute approximate surface area is 139 Å². The lowest BCUT2D eigenvalue weighted by atomic mass is 9.75. The highest BCUT2D eigenvalue weighted by atomic mass is 16.5. The van der Waals surface area contributed by atoms with Crippen molar-refractivity contribution in [1.82, 2.24) is 9.97 Å². The number of aliphatic hydroxyl groups is 1. The first-order valence-corrected chi connectivity index (χ1v) is 8.03. The highest BCUT2D eigenvalue weighted by Gasteiger charge is 2.35. The fourth-order valence-electron chi connectivity index (χ4n) is 3.14. The number of nitrogens with one attached hydrogen (secondary N) is 1. The van der Waals surface area contributed by atoms with Gasteiger partial charge in [-0.05, 0) is 36.5 Å². The monoisotopic (exact) mass is 325 g/mol. The smallest absolute Gasteiger partial charge is 0.296 e. The second-order valence-electron chi connectivity index (χ2n) is 6.13. The van der Waals surface area contributed by atoms with E-state index >= 15 is 0 Å². The summed E-state index contributed by atoms with van der Waals surface area (Å²) in [7, 11) is 1.60. The van der Waals surface area contributed by atoms with Crippen molar-refractivity contribution in [3.8, 4) is 5.88 Å². The molecule has 4 rings (SSSR count). The number of aromatic nitrogens is 2. The van der Waals surface area contributed by atoms with Crippen LogP contribution in [-0.2, 0) is 0 Å². The van der Waals surface area contributed by atoms with Crippen LogP contribution in [0.5, 0.6) is 5.88 Å². The van der Waals surface area contributed by atoms with Crippen LogP contribution < -0.4 is 10.1 Å². The van der Waals surface area contributed by atoms with Crippen LogP contribution in [0.2, 0.25) is 0 Å². The predicted molar refractivity (Wildman–Crippen MR) is 89.9 cm³/mol. The van der Waals surface area contributed by atoms with E-state index in [1.807, 2.05) is 36.4 Å². The van der Waals surface area contributed by atoms with Crippen LogP contribution in [0, 0.1) is 5.92 Å². The number of anilines is 1. The molecule has 0 amide bonds. The van der Waals surface area contributed by atoms with E-state index in [4.69, 9.17) is 9.15 Å². The van der Waals surface area contributed by atoms with E-state index < -0.39 is 0 Å². The Morgan fingerprint density at radius 1 is 1.25 bits per heavy atom. The minimum absolute atomic E-state index is 0.0140. The van der Waals surface area contributed by atoms with Crippen LogP contribution >= 0.6 is 0 Å². The minimum atomic E-state index is -0.228. The van der Waals surface area contributed by atoms with Crippen molar-refractivity contribution in [3.05, 3.63) is 48.2 Å². The fourth-order valence-corrected chi connectivity index (χ4v) is 3.14. The maximum Gasteiger partial charge on any atom is 0.296 e. The van der Waals surface area contributed by atoms with Gasteiger partial charge >= 0.3 is 0 Å². The Morgan fingerprint density at radius 3 is 2.75 bits per heavy atom. The molecule has 0 radical (unpaired) electrons. The molecule has 6 nitrogen and oxygen atoms in total. The lowest BCUT2D eigenvalue weighted by Crippen LogP contribution is -2.36. The molecule has 24 heavy (non-hydrogen) atoms. The molecule has 2 aromatic heterocycles. The third-order valence-corrected chi connectivity index (χ3v) is 4.52. The summed E-state index contributed by atoms with van der Waals surface area (Å²) in [6.07, 6.45) is 3.08. The maximum atomic E-state index is 9.67. The largest absolute Gasteiger partial charge is 0.481 e. The van der Waals surface area contributed by atoms with Gasteiger partial charge in [-0.25, -0.2) is 4.98 Å². The number of oxazole rings is 1. The van der Waals surface area contributed by atoms with Crippen molar-refractivity contribution in [2.24, 2.45) is 5.92 Å². The molecule has 0 spiro atoms. The number of nitrogens with zero attached hydrogens (tertiary/aromatic N) is 2. The van der Waals surface area contributed by atoms with E-state index in [0.29, 0.717) is 17.8 Å². The first-order valence-electron chi connectivity index (χ1n) is 8.03. The van der Waals surface area contributed by atoms with Gasteiger partial charge in [0.25, 0.3) is 6.01 Å². The lowest BCUT2D eigenvalue weighted by molar-refractivity contribution is 0.0336. The zero-order chi connectivity index (χ0) is 16.5. The zero-order valence-corrected chi connectivity index (χ0v) is 13.3. The molecule has 1 aliphatic carbocycles. The van der Waals surface area contributed by atoms with Gasteiger partial charge in [0.1, 0.15) is 5.52 Å². The molecule has 1 aliphatic rings. The van der Waals surface area contributed by atoms with Gasteiger partial charge in [-0.2, -0.15) is 4.98 Å². The number of methoxy groups -OCH3 is 1. The summed E-state index contributed by atoms with van der Waals surface area (Å²) >= 11 is 0. The predicted octanol–water partition coefficient (Wildman–Crippen LogP) is 3.16. The molecule has 3 aromatic rings. The second kappa shape index (κ2) is 6.13. The van der Waals surface area contributed by atoms with Crippen molar-refractivity contribution in [3.63, 3.8) is 0 Å². The van der Waals surface area contributed by atoms with Crippen LogP contribution in [0.15, 0.2) is 47.0 Å². The highest BCUT2D eigenvalue weighted by Crippen LogP contribution is 2.40. The van der Waals surface area contributed by atoms with E-state index in [9.17, 15) is 5.11 Å². The van der Waals surface area contributed by atoms with Gasteiger partial charge in [0.05, 0.1) is 19.3 Å². The topological polar surface area (TPSA) is 80.4 Å². The van der Waals surface area contributed by atoms with Crippen LogP contribution in [0.25, 0.3) is 11.1 Å². The number of pyridine rings is 1. The number of hydrogen-bond donors (Lipinski definition) is 2. The third kappa shape index (κ3) is 2.80. The van der Waals surface area contributed by atoms with Crippen molar-refractivity contribution < 1.29 is 14.3 Å². The van der Waals surface area contributed by atoms with Crippen LogP contribution in [0.4, 0.5) is 6.01 Å². The first-order chi connectivity index (χ1) is 11.7. The average Bonchev–Trinajstić information content (AvgIpc) is 3.00. The van der Waals surface area contributed by atoms with Crippen molar-refractivity contribution in [2.75, 3.05) is 12.4 Å². The molecule has 1 unspecified atom stereocenters. The molecule has 2 heterocycles. The summed E-state index contributed by atoms with van der Waals surface area (Å²) in [6, 6.07) is 12.0. The Balaban J connectivity index is 1.61. The van der Waals surface area contributed by atoms with E-state index in [1.165, 1.54) is 0 Å². The van der Waals surface area contributed by atoms with Crippen LogP contribution in [0.1, 0.15) is 24.4 Å². The molecular weight excluding hydrogens is 306 g/mol. The Kier molecular flexibility index (Phi) is 3.82. The van der Waals surface area contributed by atoms with Gasteiger partial charge < -0.3 is 19.6 Å². The minimum Gasteiger partial charge on any atom is -0.481 e. The van der Waals surface area contributed by atoms with Gasteiger partial charge in [-0.3, -0.25) is 0 Å². The number of benzene rings is 1. The van der Waals surface area contributed by atoms with Crippen molar-refractivity contribution in [1.29, 1.82) is 0 Å². The summed E-state index contributed by atoms with van der Waals surface area (Å²) in [5, 5.41) is 13.0. The molecule has 0 bridgehead atoms. The molecular formula is C18H19N3O3. The standard InChI is InChI=1S/C18H19N3O3/c1-23-16-7-6-11(10-19-16)17(12-8-13(22)9-12)21-18-20-14-4-2-3-5-15(14)24-18/h2-7,10,12-13,17,22H,8-9H2,1H3,(H,20,21). The summed E-state index contributed by atoms with van der Waals surface area (Å²) in [5.41, 5.74) is 2.59. The maximum absolute atomic E-state index is 9.67. The molecule has 0 aliphatic heterocycles. The molecule has 1 saturated carbocycles. The Morgan fingerprint density at radius 2 is 2.08 bits per heavy atom. The Hall–Kier alpha value is -2.60. The van der Waals surface area contributed by atoms with Crippen LogP contribution in [0.3, 0.4) is 0 Å². The second-order valence-corrected chi connectivity index (χ2v) is 6.13. The number of ether oxygens (including phenoxy) is 1. The van der Waals surface area contributed by atoms with E-state index in [1.54, 1.807) is 13.3 Å². The normalized spacial score (nSPS) is 21.2. The molecule has 1 atom stereocenters. The van der Waals surface area contributed by atoms with Gasteiger partial charge in [-0.15, -0.1) is 0 Å². The van der Waals surface area contributed by atoms with E-state index in [-0.39, 0.29) is 12.1 Å². The zero-order valence-electron chi connectivity index (χ0n) is 13.3. The molecule has 1 aromatic carbocycles. The fraction of sp³-hybridized carbons (Fsp3) is 0.333. The summed E-state index contributed by atoms with van der Waals surface area (Å²) in [4.78, 5) is 8.77. The van der Waals surface area contributed by atoms with Crippen molar-refractivity contribution in [2.45, 2.75) is 25.0 Å².